The Morgan fingerprint density at radius 3 is 2.60 bits per heavy atom. The van der Waals surface area contributed by atoms with Crippen LogP contribution in [-0.4, -0.2) is 44.7 Å². The minimum absolute atomic E-state index is 0.0716. The van der Waals surface area contributed by atoms with Crippen molar-refractivity contribution < 1.29 is 4.79 Å². The van der Waals surface area contributed by atoms with Crippen molar-refractivity contribution in [2.24, 2.45) is 7.05 Å². The number of nitrogens with zero attached hydrogens (tertiary/aromatic N) is 6. The van der Waals surface area contributed by atoms with Crippen molar-refractivity contribution in [3.8, 4) is 0 Å². The SMILES string of the molecule is CN(C)C(=O)c1nn(C)c2c1CN(c1ncccn1)C2. The van der Waals surface area contributed by atoms with Crippen molar-refractivity contribution in [2.75, 3.05) is 19.0 Å². The third-order valence-electron chi connectivity index (χ3n) is 3.41. The maximum Gasteiger partial charge on any atom is 0.274 e. The molecule has 0 spiro atoms. The number of aromatic nitrogens is 4. The summed E-state index contributed by atoms with van der Waals surface area (Å²) in [5, 5.41) is 4.34. The Kier molecular flexibility index (Phi) is 2.89. The second kappa shape index (κ2) is 4.59. The summed E-state index contributed by atoms with van der Waals surface area (Å²) in [7, 11) is 5.33. The van der Waals surface area contributed by atoms with E-state index in [0.29, 0.717) is 24.7 Å². The lowest BCUT2D eigenvalue weighted by molar-refractivity contribution is 0.0820. The Morgan fingerprint density at radius 1 is 1.25 bits per heavy atom. The highest BCUT2D eigenvalue weighted by Gasteiger charge is 2.31. The van der Waals surface area contributed by atoms with Crippen LogP contribution < -0.4 is 4.90 Å². The van der Waals surface area contributed by atoms with Crippen LogP contribution in [0.3, 0.4) is 0 Å². The van der Waals surface area contributed by atoms with E-state index in [2.05, 4.69) is 15.1 Å². The Balaban J connectivity index is 1.94. The molecule has 1 amide bonds. The molecule has 0 bridgehead atoms. The summed E-state index contributed by atoms with van der Waals surface area (Å²) in [6, 6.07) is 1.79. The molecule has 2 aromatic rings. The molecular weight excluding hydrogens is 256 g/mol. The Morgan fingerprint density at radius 2 is 1.95 bits per heavy atom. The predicted octanol–water partition coefficient (Wildman–Crippen LogP) is 0.432. The second-order valence-corrected chi connectivity index (χ2v) is 5.00. The van der Waals surface area contributed by atoms with Crippen molar-refractivity contribution in [2.45, 2.75) is 13.1 Å². The van der Waals surface area contributed by atoms with Crippen LogP contribution in [0, 0.1) is 0 Å². The highest BCUT2D eigenvalue weighted by molar-refractivity contribution is 5.94. The van der Waals surface area contributed by atoms with Gasteiger partial charge in [0.2, 0.25) is 5.95 Å². The molecule has 20 heavy (non-hydrogen) atoms. The molecular formula is C13H16N6O. The van der Waals surface area contributed by atoms with Gasteiger partial charge in [0.25, 0.3) is 5.91 Å². The first kappa shape index (κ1) is 12.6. The zero-order valence-electron chi connectivity index (χ0n) is 11.7. The van der Waals surface area contributed by atoms with Gasteiger partial charge in [-0.05, 0) is 6.07 Å². The van der Waals surface area contributed by atoms with Crippen molar-refractivity contribution in [3.05, 3.63) is 35.4 Å². The number of anilines is 1. The smallest absolute Gasteiger partial charge is 0.274 e. The van der Waals surface area contributed by atoms with Crippen LogP contribution >= 0.6 is 0 Å². The zero-order chi connectivity index (χ0) is 14.3. The van der Waals surface area contributed by atoms with Gasteiger partial charge in [-0.1, -0.05) is 0 Å². The molecule has 0 aliphatic carbocycles. The zero-order valence-corrected chi connectivity index (χ0v) is 11.7. The van der Waals surface area contributed by atoms with Gasteiger partial charge >= 0.3 is 0 Å². The van der Waals surface area contributed by atoms with Gasteiger partial charge in [-0.25, -0.2) is 9.97 Å². The quantitative estimate of drug-likeness (QED) is 0.793. The second-order valence-electron chi connectivity index (χ2n) is 5.00. The van der Waals surface area contributed by atoms with E-state index in [-0.39, 0.29) is 5.91 Å². The Bertz CT molecular complexity index is 648. The molecule has 104 valence electrons. The van der Waals surface area contributed by atoms with Gasteiger partial charge in [0.05, 0.1) is 18.8 Å². The van der Waals surface area contributed by atoms with Crippen LogP contribution in [0.15, 0.2) is 18.5 Å². The highest BCUT2D eigenvalue weighted by atomic mass is 16.2. The van der Waals surface area contributed by atoms with E-state index in [1.165, 1.54) is 0 Å². The molecule has 2 aromatic heterocycles. The molecule has 0 atom stereocenters. The van der Waals surface area contributed by atoms with Gasteiger partial charge in [-0.15, -0.1) is 0 Å². The van der Waals surface area contributed by atoms with Gasteiger partial charge in [-0.3, -0.25) is 9.48 Å². The number of carbonyl (C=O) groups is 1. The van der Waals surface area contributed by atoms with Gasteiger partial charge in [0.1, 0.15) is 0 Å². The largest absolute Gasteiger partial charge is 0.343 e. The third kappa shape index (κ3) is 1.91. The molecule has 3 heterocycles. The Hall–Kier alpha value is -2.44. The number of hydrogen-bond acceptors (Lipinski definition) is 5. The van der Waals surface area contributed by atoms with Crippen molar-refractivity contribution in [1.29, 1.82) is 0 Å². The van der Waals surface area contributed by atoms with E-state index >= 15 is 0 Å². The first-order valence-electron chi connectivity index (χ1n) is 6.36. The molecule has 1 aliphatic rings. The summed E-state index contributed by atoms with van der Waals surface area (Å²) in [4.78, 5) is 24.3. The third-order valence-corrected chi connectivity index (χ3v) is 3.41. The van der Waals surface area contributed by atoms with Crippen LogP contribution in [0.25, 0.3) is 0 Å². The molecule has 3 rings (SSSR count). The van der Waals surface area contributed by atoms with Crippen LogP contribution in [0.5, 0.6) is 0 Å². The summed E-state index contributed by atoms with van der Waals surface area (Å²) < 4.78 is 1.77. The number of rotatable bonds is 2. The highest BCUT2D eigenvalue weighted by Crippen LogP contribution is 2.28. The molecule has 0 fully saturated rings. The molecule has 0 saturated carbocycles. The molecule has 0 saturated heterocycles. The molecule has 1 aliphatic heterocycles. The van der Waals surface area contributed by atoms with Gasteiger partial charge < -0.3 is 9.80 Å². The topological polar surface area (TPSA) is 67.2 Å². The van der Waals surface area contributed by atoms with Crippen LogP contribution in [0.1, 0.15) is 21.7 Å². The first-order valence-corrected chi connectivity index (χ1v) is 6.36. The first-order chi connectivity index (χ1) is 9.58. The fourth-order valence-corrected chi connectivity index (χ4v) is 2.37. The normalized spacial score (nSPS) is 13.4. The number of aryl methyl sites for hydroxylation is 1. The monoisotopic (exact) mass is 272 g/mol. The van der Waals surface area contributed by atoms with E-state index in [1.54, 1.807) is 42.1 Å². The van der Waals surface area contributed by atoms with E-state index in [4.69, 9.17) is 0 Å². The molecule has 0 unspecified atom stereocenters. The van der Waals surface area contributed by atoms with Crippen LogP contribution in [0.2, 0.25) is 0 Å². The average Bonchev–Trinajstić information content (AvgIpc) is 3.00. The number of amides is 1. The maximum atomic E-state index is 12.2. The number of fused-ring (bicyclic) bond motifs is 1. The lowest BCUT2D eigenvalue weighted by Gasteiger charge is -2.15. The van der Waals surface area contributed by atoms with Crippen molar-refractivity contribution >= 4 is 11.9 Å². The van der Waals surface area contributed by atoms with Gasteiger partial charge in [0, 0.05) is 39.1 Å². The average molecular weight is 272 g/mol. The van der Waals surface area contributed by atoms with Crippen LogP contribution in [0.4, 0.5) is 5.95 Å². The van der Waals surface area contributed by atoms with Gasteiger partial charge in [-0.2, -0.15) is 5.10 Å². The minimum Gasteiger partial charge on any atom is -0.343 e. The minimum atomic E-state index is -0.0716. The van der Waals surface area contributed by atoms with E-state index in [1.807, 2.05) is 11.9 Å². The fraction of sp³-hybridized carbons (Fsp3) is 0.385. The summed E-state index contributed by atoms with van der Waals surface area (Å²) in [6.45, 7) is 1.28. The molecule has 0 radical (unpaired) electrons. The summed E-state index contributed by atoms with van der Waals surface area (Å²) in [5.74, 6) is 0.602. The fourth-order valence-electron chi connectivity index (χ4n) is 2.37. The summed E-state index contributed by atoms with van der Waals surface area (Å²) in [5.41, 5.74) is 2.53. The van der Waals surface area contributed by atoms with Crippen molar-refractivity contribution in [1.82, 2.24) is 24.6 Å². The molecule has 0 aromatic carbocycles. The van der Waals surface area contributed by atoms with Gasteiger partial charge in [0.15, 0.2) is 5.69 Å². The van der Waals surface area contributed by atoms with E-state index in [9.17, 15) is 4.79 Å². The molecule has 0 N–H and O–H groups in total. The van der Waals surface area contributed by atoms with Crippen LogP contribution in [-0.2, 0) is 20.1 Å². The standard InChI is InChI=1S/C13H16N6O/c1-17(2)12(20)11-9-7-19(8-10(9)18(3)16-11)13-14-5-4-6-15-13/h4-6H,7-8H2,1-3H3. The lowest BCUT2D eigenvalue weighted by atomic mass is 10.2. The predicted molar refractivity (Wildman–Crippen MR) is 73.1 cm³/mol. The van der Waals surface area contributed by atoms with Crippen molar-refractivity contribution in [3.63, 3.8) is 0 Å². The molecule has 7 heteroatoms. The van der Waals surface area contributed by atoms with E-state index in [0.717, 1.165) is 11.3 Å². The Labute approximate surface area is 116 Å². The van der Waals surface area contributed by atoms with E-state index < -0.39 is 0 Å². The summed E-state index contributed by atoms with van der Waals surface area (Å²) >= 11 is 0. The maximum absolute atomic E-state index is 12.2. The lowest BCUT2D eigenvalue weighted by Crippen LogP contribution is -2.25. The number of hydrogen-bond donors (Lipinski definition) is 0. The summed E-state index contributed by atoms with van der Waals surface area (Å²) in [6.07, 6.45) is 3.44. The molecule has 7 nitrogen and oxygen atoms in total. The number of carbonyl (C=O) groups excluding carboxylic acids is 1.